The van der Waals surface area contributed by atoms with Crippen molar-refractivity contribution in [3.05, 3.63) is 60.0 Å². The maximum atomic E-state index is 12.0. The maximum Gasteiger partial charge on any atom is 0.246 e. The van der Waals surface area contributed by atoms with E-state index in [9.17, 15) is 4.79 Å². The Morgan fingerprint density at radius 2 is 1.85 bits per heavy atom. The van der Waals surface area contributed by atoms with E-state index in [4.69, 9.17) is 14.0 Å². The number of carbonyl (C=O) groups is 1. The van der Waals surface area contributed by atoms with E-state index in [1.54, 1.807) is 14.2 Å². The third-order valence-corrected chi connectivity index (χ3v) is 4.05. The van der Waals surface area contributed by atoms with Crippen molar-refractivity contribution in [2.24, 2.45) is 0 Å². The molecule has 0 aliphatic rings. The highest BCUT2D eigenvalue weighted by Gasteiger charge is 2.13. The van der Waals surface area contributed by atoms with Crippen LogP contribution in [0.5, 0.6) is 11.5 Å². The van der Waals surface area contributed by atoms with Gasteiger partial charge < -0.3 is 19.3 Å². The SMILES string of the molecule is COc1ccc(CCC(=O)NCc2nc(-c3ccccc3OC)no2)cc1. The molecule has 2 aromatic carbocycles. The summed E-state index contributed by atoms with van der Waals surface area (Å²) in [5, 5.41) is 6.75. The lowest BCUT2D eigenvalue weighted by molar-refractivity contribution is -0.121. The fraction of sp³-hybridized carbons (Fsp3) is 0.250. The Morgan fingerprint density at radius 1 is 1.07 bits per heavy atom. The first-order valence-corrected chi connectivity index (χ1v) is 8.55. The molecule has 0 aliphatic heterocycles. The van der Waals surface area contributed by atoms with Crippen LogP contribution in [0.1, 0.15) is 17.9 Å². The molecule has 7 heteroatoms. The van der Waals surface area contributed by atoms with Gasteiger partial charge in [0.1, 0.15) is 11.5 Å². The molecule has 0 unspecified atom stereocenters. The van der Waals surface area contributed by atoms with Crippen LogP contribution in [0.3, 0.4) is 0 Å². The summed E-state index contributed by atoms with van der Waals surface area (Å²) in [5.41, 5.74) is 1.81. The number of rotatable bonds is 8. The number of aryl methyl sites for hydroxylation is 1. The van der Waals surface area contributed by atoms with Gasteiger partial charge in [-0.05, 0) is 36.2 Å². The van der Waals surface area contributed by atoms with Crippen molar-refractivity contribution in [3.63, 3.8) is 0 Å². The molecule has 0 bridgehead atoms. The van der Waals surface area contributed by atoms with Crippen molar-refractivity contribution in [2.45, 2.75) is 19.4 Å². The number of carbonyl (C=O) groups excluding carboxylic acids is 1. The molecule has 1 aromatic heterocycles. The van der Waals surface area contributed by atoms with Crippen molar-refractivity contribution in [1.29, 1.82) is 0 Å². The predicted molar refractivity (Wildman–Crippen MR) is 99.4 cm³/mol. The van der Waals surface area contributed by atoms with Gasteiger partial charge in [-0.15, -0.1) is 0 Å². The molecular formula is C20H21N3O4. The Hall–Kier alpha value is -3.35. The standard InChI is InChI=1S/C20H21N3O4/c1-25-15-10-7-14(8-11-15)9-12-18(24)21-13-19-22-20(23-27-19)16-5-3-4-6-17(16)26-2/h3-8,10-11H,9,12-13H2,1-2H3,(H,21,24). The number of hydrogen-bond acceptors (Lipinski definition) is 6. The van der Waals surface area contributed by atoms with Gasteiger partial charge in [0.15, 0.2) is 0 Å². The third-order valence-electron chi connectivity index (χ3n) is 4.05. The number of benzene rings is 2. The second kappa shape index (κ2) is 8.84. The number of nitrogens with zero attached hydrogens (tertiary/aromatic N) is 2. The Balaban J connectivity index is 1.51. The second-order valence-corrected chi connectivity index (χ2v) is 5.84. The summed E-state index contributed by atoms with van der Waals surface area (Å²) in [4.78, 5) is 16.4. The summed E-state index contributed by atoms with van der Waals surface area (Å²) in [5.74, 6) is 2.14. The molecule has 0 aliphatic carbocycles. The molecule has 0 saturated heterocycles. The highest BCUT2D eigenvalue weighted by atomic mass is 16.5. The van der Waals surface area contributed by atoms with Crippen LogP contribution >= 0.6 is 0 Å². The van der Waals surface area contributed by atoms with Crippen molar-refractivity contribution in [2.75, 3.05) is 14.2 Å². The van der Waals surface area contributed by atoms with Crippen molar-refractivity contribution in [1.82, 2.24) is 15.5 Å². The first-order valence-electron chi connectivity index (χ1n) is 8.55. The predicted octanol–water partition coefficient (Wildman–Crippen LogP) is 3.00. The van der Waals surface area contributed by atoms with Gasteiger partial charge in [0.05, 0.1) is 26.3 Å². The maximum absolute atomic E-state index is 12.0. The number of aromatic nitrogens is 2. The average Bonchev–Trinajstić information content (AvgIpc) is 3.20. The number of nitrogens with one attached hydrogen (secondary N) is 1. The lowest BCUT2D eigenvalue weighted by Gasteiger charge is -2.04. The van der Waals surface area contributed by atoms with Crippen LogP contribution in [0.25, 0.3) is 11.4 Å². The molecule has 0 spiro atoms. The van der Waals surface area contributed by atoms with Crippen LogP contribution in [0.15, 0.2) is 53.1 Å². The van der Waals surface area contributed by atoms with E-state index in [2.05, 4.69) is 15.5 Å². The normalized spacial score (nSPS) is 10.4. The lowest BCUT2D eigenvalue weighted by Crippen LogP contribution is -2.23. The molecule has 3 aromatic rings. The number of ether oxygens (including phenoxy) is 2. The minimum atomic E-state index is -0.0807. The molecule has 0 atom stereocenters. The van der Waals surface area contributed by atoms with Gasteiger partial charge in [0, 0.05) is 6.42 Å². The van der Waals surface area contributed by atoms with Crippen molar-refractivity contribution >= 4 is 5.91 Å². The third kappa shape index (κ3) is 4.84. The number of para-hydroxylation sites is 1. The Bertz CT molecular complexity index is 890. The first kappa shape index (κ1) is 18.4. The molecule has 7 nitrogen and oxygen atoms in total. The monoisotopic (exact) mass is 367 g/mol. The van der Waals surface area contributed by atoms with Crippen LogP contribution < -0.4 is 14.8 Å². The van der Waals surface area contributed by atoms with Gasteiger partial charge in [-0.1, -0.05) is 29.4 Å². The smallest absolute Gasteiger partial charge is 0.246 e. The zero-order valence-corrected chi connectivity index (χ0v) is 15.3. The molecule has 140 valence electrons. The molecule has 27 heavy (non-hydrogen) atoms. The minimum Gasteiger partial charge on any atom is -0.497 e. The van der Waals surface area contributed by atoms with Gasteiger partial charge in [-0.2, -0.15) is 4.98 Å². The minimum absolute atomic E-state index is 0.0807. The zero-order valence-electron chi connectivity index (χ0n) is 15.3. The van der Waals surface area contributed by atoms with Gasteiger partial charge in [0.2, 0.25) is 17.6 Å². The Kier molecular flexibility index (Phi) is 6.04. The van der Waals surface area contributed by atoms with E-state index in [-0.39, 0.29) is 12.5 Å². The van der Waals surface area contributed by atoms with Crippen LogP contribution in [-0.2, 0) is 17.8 Å². The zero-order chi connectivity index (χ0) is 19.1. The highest BCUT2D eigenvalue weighted by molar-refractivity contribution is 5.76. The summed E-state index contributed by atoms with van der Waals surface area (Å²) in [6, 6.07) is 15.1. The van der Waals surface area contributed by atoms with Crippen molar-refractivity contribution < 1.29 is 18.8 Å². The van der Waals surface area contributed by atoms with E-state index in [0.717, 1.165) is 16.9 Å². The van der Waals surface area contributed by atoms with Crippen LogP contribution in [0, 0.1) is 0 Å². The topological polar surface area (TPSA) is 86.5 Å². The summed E-state index contributed by atoms with van der Waals surface area (Å²) in [6.07, 6.45) is 1.02. The molecule has 0 saturated carbocycles. The van der Waals surface area contributed by atoms with Crippen molar-refractivity contribution in [3.8, 4) is 22.9 Å². The summed E-state index contributed by atoms with van der Waals surface area (Å²) < 4.78 is 15.6. The van der Waals surface area contributed by atoms with Crippen LogP contribution in [0.4, 0.5) is 0 Å². The lowest BCUT2D eigenvalue weighted by atomic mass is 10.1. The average molecular weight is 367 g/mol. The Morgan fingerprint density at radius 3 is 2.59 bits per heavy atom. The summed E-state index contributed by atoms with van der Waals surface area (Å²) in [7, 11) is 3.21. The molecule has 1 N–H and O–H groups in total. The van der Waals surface area contributed by atoms with Crippen LogP contribution in [0.2, 0.25) is 0 Å². The molecule has 0 fully saturated rings. The fourth-order valence-corrected chi connectivity index (χ4v) is 2.58. The number of methoxy groups -OCH3 is 2. The van der Waals surface area contributed by atoms with E-state index < -0.39 is 0 Å². The molecule has 3 rings (SSSR count). The summed E-state index contributed by atoms with van der Waals surface area (Å²) >= 11 is 0. The molecular weight excluding hydrogens is 346 g/mol. The van der Waals surface area contributed by atoms with E-state index in [1.807, 2.05) is 48.5 Å². The molecule has 0 radical (unpaired) electrons. The molecule has 1 heterocycles. The second-order valence-electron chi connectivity index (χ2n) is 5.84. The van der Waals surface area contributed by atoms with E-state index >= 15 is 0 Å². The number of amides is 1. The largest absolute Gasteiger partial charge is 0.497 e. The molecule has 1 amide bonds. The van der Waals surface area contributed by atoms with Gasteiger partial charge in [0.25, 0.3) is 0 Å². The van der Waals surface area contributed by atoms with Gasteiger partial charge in [-0.3, -0.25) is 4.79 Å². The quantitative estimate of drug-likeness (QED) is 0.659. The van der Waals surface area contributed by atoms with Crippen LogP contribution in [-0.4, -0.2) is 30.3 Å². The van der Waals surface area contributed by atoms with E-state index in [0.29, 0.717) is 30.3 Å². The van der Waals surface area contributed by atoms with Gasteiger partial charge >= 0.3 is 0 Å². The highest BCUT2D eigenvalue weighted by Crippen LogP contribution is 2.26. The summed E-state index contributed by atoms with van der Waals surface area (Å²) in [6.45, 7) is 0.184. The van der Waals surface area contributed by atoms with E-state index in [1.165, 1.54) is 0 Å². The first-order chi connectivity index (χ1) is 13.2. The fourth-order valence-electron chi connectivity index (χ4n) is 2.58. The number of hydrogen-bond donors (Lipinski definition) is 1. The Labute approximate surface area is 157 Å². The van der Waals surface area contributed by atoms with Gasteiger partial charge in [-0.25, -0.2) is 0 Å².